The molecular weight excluding hydrogens is 300 g/mol. The minimum atomic E-state index is -0.836. The molecule has 3 rings (SSSR count). The molecule has 1 unspecified atom stereocenters. The zero-order valence-electron chi connectivity index (χ0n) is 12.9. The molecule has 0 aromatic carbocycles. The first-order valence-electron chi connectivity index (χ1n) is 7.86. The monoisotopic (exact) mass is 320 g/mol. The smallest absolute Gasteiger partial charge is 0.311 e. The normalized spacial score (nSPS) is 17.1. The highest BCUT2D eigenvalue weighted by Gasteiger charge is 2.34. The van der Waals surface area contributed by atoms with E-state index in [2.05, 4.69) is 11.9 Å². The molecule has 2 heterocycles. The summed E-state index contributed by atoms with van der Waals surface area (Å²) in [6.07, 6.45) is 3.97. The van der Waals surface area contributed by atoms with Crippen molar-refractivity contribution in [2.75, 3.05) is 0 Å². The summed E-state index contributed by atoms with van der Waals surface area (Å²) in [5, 5.41) is 9.97. The molecule has 0 bridgehead atoms. The molecule has 0 fully saturated rings. The first-order chi connectivity index (χ1) is 10.6. The number of aryl methyl sites for hydroxylation is 2. The Morgan fingerprint density at radius 3 is 2.86 bits per heavy atom. The van der Waals surface area contributed by atoms with Crippen LogP contribution in [0.5, 0.6) is 0 Å². The van der Waals surface area contributed by atoms with Crippen molar-refractivity contribution in [1.29, 1.82) is 0 Å². The van der Waals surface area contributed by atoms with Crippen LogP contribution < -0.4 is 5.56 Å². The van der Waals surface area contributed by atoms with Crippen LogP contribution in [0.25, 0.3) is 10.2 Å². The highest BCUT2D eigenvalue weighted by Crippen LogP contribution is 2.42. The molecule has 118 valence electrons. The first-order valence-corrected chi connectivity index (χ1v) is 8.67. The van der Waals surface area contributed by atoms with Gasteiger partial charge in [0.25, 0.3) is 5.56 Å². The number of unbranched alkanes of at least 4 members (excludes halogenated alkanes) is 1. The van der Waals surface area contributed by atoms with E-state index in [-0.39, 0.29) is 5.56 Å². The van der Waals surface area contributed by atoms with Gasteiger partial charge in [0.1, 0.15) is 10.7 Å². The molecule has 1 N–H and O–H groups in total. The maximum absolute atomic E-state index is 12.9. The van der Waals surface area contributed by atoms with E-state index < -0.39 is 11.9 Å². The van der Waals surface area contributed by atoms with Crippen molar-refractivity contribution in [3.63, 3.8) is 0 Å². The Morgan fingerprint density at radius 2 is 2.23 bits per heavy atom. The van der Waals surface area contributed by atoms with Gasteiger partial charge in [0.05, 0.1) is 11.3 Å². The van der Waals surface area contributed by atoms with E-state index in [0.717, 1.165) is 35.5 Å². The number of carboxylic acid groups (broad SMARTS) is 1. The van der Waals surface area contributed by atoms with Crippen molar-refractivity contribution in [3.05, 3.63) is 26.6 Å². The lowest BCUT2D eigenvalue weighted by molar-refractivity contribution is -0.138. The molecule has 0 amide bonds. The van der Waals surface area contributed by atoms with Crippen LogP contribution in [0.3, 0.4) is 0 Å². The third-order valence-corrected chi connectivity index (χ3v) is 5.52. The van der Waals surface area contributed by atoms with Gasteiger partial charge in [-0.05, 0) is 24.8 Å². The van der Waals surface area contributed by atoms with E-state index in [1.807, 2.05) is 6.92 Å². The Bertz CT molecular complexity index is 791. The fraction of sp³-hybridized carbons (Fsp3) is 0.562. The average molecular weight is 320 g/mol. The van der Waals surface area contributed by atoms with Crippen molar-refractivity contribution in [2.45, 2.75) is 58.4 Å². The van der Waals surface area contributed by atoms with Gasteiger partial charge in [-0.2, -0.15) is 0 Å². The van der Waals surface area contributed by atoms with E-state index in [1.54, 1.807) is 4.57 Å². The SMILES string of the molecule is CCCCn1c(CC)nc2sc3c(c2c1=O)C(C(=O)O)CC3. The number of fused-ring (bicyclic) bond motifs is 3. The predicted octanol–water partition coefficient (Wildman–Crippen LogP) is 2.93. The summed E-state index contributed by atoms with van der Waals surface area (Å²) in [6.45, 7) is 4.74. The maximum atomic E-state index is 12.9. The van der Waals surface area contributed by atoms with Crippen molar-refractivity contribution in [3.8, 4) is 0 Å². The molecule has 0 aliphatic heterocycles. The second-order valence-electron chi connectivity index (χ2n) is 5.74. The van der Waals surface area contributed by atoms with E-state index in [1.165, 1.54) is 11.3 Å². The van der Waals surface area contributed by atoms with Crippen LogP contribution in [0.1, 0.15) is 55.3 Å². The average Bonchev–Trinajstić information content (AvgIpc) is 3.04. The molecule has 1 aliphatic carbocycles. The Hall–Kier alpha value is -1.69. The molecule has 2 aromatic rings. The second kappa shape index (κ2) is 5.83. The predicted molar refractivity (Wildman–Crippen MR) is 86.9 cm³/mol. The summed E-state index contributed by atoms with van der Waals surface area (Å²) < 4.78 is 1.75. The van der Waals surface area contributed by atoms with Gasteiger partial charge in [-0.3, -0.25) is 14.2 Å². The Morgan fingerprint density at radius 1 is 1.45 bits per heavy atom. The summed E-state index contributed by atoms with van der Waals surface area (Å²) in [5.41, 5.74) is 0.679. The molecule has 5 nitrogen and oxygen atoms in total. The third-order valence-electron chi connectivity index (χ3n) is 4.36. The van der Waals surface area contributed by atoms with Gasteiger partial charge in [0.15, 0.2) is 0 Å². The zero-order valence-corrected chi connectivity index (χ0v) is 13.7. The van der Waals surface area contributed by atoms with E-state index in [9.17, 15) is 14.7 Å². The molecule has 1 aliphatic rings. The standard InChI is InChI=1S/C16H20N2O3S/c1-3-5-8-18-11(4-2)17-14-13(15(18)19)12-9(16(20)21)6-7-10(12)22-14/h9H,3-8H2,1-2H3,(H,20,21). The second-order valence-corrected chi connectivity index (χ2v) is 6.82. The van der Waals surface area contributed by atoms with Crippen molar-refractivity contribution < 1.29 is 9.90 Å². The summed E-state index contributed by atoms with van der Waals surface area (Å²) in [4.78, 5) is 30.8. The fourth-order valence-electron chi connectivity index (χ4n) is 3.23. The molecule has 0 saturated heterocycles. The van der Waals surface area contributed by atoms with Crippen LogP contribution in [0, 0.1) is 0 Å². The van der Waals surface area contributed by atoms with Crippen LogP contribution in [-0.2, 0) is 24.2 Å². The Kier molecular flexibility index (Phi) is 4.04. The van der Waals surface area contributed by atoms with Crippen LogP contribution in [-0.4, -0.2) is 20.6 Å². The van der Waals surface area contributed by atoms with Crippen LogP contribution >= 0.6 is 11.3 Å². The van der Waals surface area contributed by atoms with Crippen LogP contribution in [0.4, 0.5) is 0 Å². The molecule has 0 saturated carbocycles. The molecule has 6 heteroatoms. The van der Waals surface area contributed by atoms with E-state index in [4.69, 9.17) is 0 Å². The van der Waals surface area contributed by atoms with Gasteiger partial charge in [-0.25, -0.2) is 4.98 Å². The number of aliphatic carboxylic acids is 1. The molecule has 0 radical (unpaired) electrons. The van der Waals surface area contributed by atoms with Crippen LogP contribution in [0.2, 0.25) is 0 Å². The largest absolute Gasteiger partial charge is 0.481 e. The Labute approximate surface area is 132 Å². The van der Waals surface area contributed by atoms with E-state index >= 15 is 0 Å². The summed E-state index contributed by atoms with van der Waals surface area (Å²) in [7, 11) is 0. The van der Waals surface area contributed by atoms with Crippen molar-refractivity contribution in [2.24, 2.45) is 0 Å². The first kappa shape index (κ1) is 15.2. The molecule has 2 aromatic heterocycles. The summed E-state index contributed by atoms with van der Waals surface area (Å²) in [5.74, 6) is -0.583. The number of hydrogen-bond acceptors (Lipinski definition) is 4. The fourth-order valence-corrected chi connectivity index (χ4v) is 4.49. The van der Waals surface area contributed by atoms with Gasteiger partial charge in [0.2, 0.25) is 0 Å². The third kappa shape index (κ3) is 2.26. The number of thiophene rings is 1. The van der Waals surface area contributed by atoms with E-state index in [0.29, 0.717) is 29.6 Å². The van der Waals surface area contributed by atoms with Crippen LogP contribution in [0.15, 0.2) is 4.79 Å². The van der Waals surface area contributed by atoms with Gasteiger partial charge < -0.3 is 5.11 Å². The number of hydrogen-bond donors (Lipinski definition) is 1. The zero-order chi connectivity index (χ0) is 15.9. The van der Waals surface area contributed by atoms with Gasteiger partial charge in [-0.15, -0.1) is 11.3 Å². The molecule has 1 atom stereocenters. The van der Waals surface area contributed by atoms with Gasteiger partial charge in [-0.1, -0.05) is 20.3 Å². The lowest BCUT2D eigenvalue weighted by Crippen LogP contribution is -2.26. The molecule has 22 heavy (non-hydrogen) atoms. The summed E-state index contributed by atoms with van der Waals surface area (Å²) in [6, 6.07) is 0. The number of aromatic nitrogens is 2. The number of carbonyl (C=O) groups is 1. The minimum absolute atomic E-state index is 0.0547. The van der Waals surface area contributed by atoms with Gasteiger partial charge in [0, 0.05) is 17.8 Å². The topological polar surface area (TPSA) is 72.2 Å². The highest BCUT2D eigenvalue weighted by molar-refractivity contribution is 7.18. The minimum Gasteiger partial charge on any atom is -0.481 e. The highest BCUT2D eigenvalue weighted by atomic mass is 32.1. The molecule has 0 spiro atoms. The quantitative estimate of drug-likeness (QED) is 0.919. The number of rotatable bonds is 5. The van der Waals surface area contributed by atoms with Crippen molar-refractivity contribution in [1.82, 2.24) is 9.55 Å². The Balaban J connectivity index is 2.25. The lowest BCUT2D eigenvalue weighted by Gasteiger charge is -2.12. The van der Waals surface area contributed by atoms with Gasteiger partial charge >= 0.3 is 5.97 Å². The lowest BCUT2D eigenvalue weighted by atomic mass is 10.0. The maximum Gasteiger partial charge on any atom is 0.311 e. The summed E-state index contributed by atoms with van der Waals surface area (Å²) >= 11 is 1.50. The number of nitrogens with zero attached hydrogens (tertiary/aromatic N) is 2. The molecular formula is C16H20N2O3S. The number of carboxylic acids is 1. The van der Waals surface area contributed by atoms with Crippen molar-refractivity contribution >= 4 is 27.5 Å².